The number of hydrogen-bond donors (Lipinski definition) is 1. The molecule has 2 aromatic carbocycles. The van der Waals surface area contributed by atoms with Gasteiger partial charge in [-0.15, -0.1) is 0 Å². The van der Waals surface area contributed by atoms with Crippen LogP contribution in [-0.2, 0) is 18.9 Å². The number of nitrogens with one attached hydrogen (secondary N) is 1. The topological polar surface area (TPSA) is 81.9 Å². The Morgan fingerprint density at radius 3 is 2.51 bits per heavy atom. The molecule has 39 heavy (non-hydrogen) atoms. The molecule has 5 aromatic rings. The number of imidazole rings is 1. The van der Waals surface area contributed by atoms with E-state index in [1.54, 1.807) is 19.2 Å². The van der Waals surface area contributed by atoms with Gasteiger partial charge in [0.15, 0.2) is 0 Å². The lowest BCUT2D eigenvalue weighted by Crippen LogP contribution is -2.18. The number of nitrogens with zero attached hydrogens (tertiary/aromatic N) is 4. The molecule has 0 fully saturated rings. The average molecular weight is 526 g/mol. The Labute approximate surface area is 228 Å². The van der Waals surface area contributed by atoms with Gasteiger partial charge >= 0.3 is 0 Å². The van der Waals surface area contributed by atoms with Gasteiger partial charge in [-0.2, -0.15) is 4.39 Å². The van der Waals surface area contributed by atoms with Crippen LogP contribution in [0.1, 0.15) is 49.6 Å². The number of aromatic nitrogens is 4. The van der Waals surface area contributed by atoms with Gasteiger partial charge in [-0.3, -0.25) is 9.78 Å². The van der Waals surface area contributed by atoms with Crippen LogP contribution in [0.5, 0.6) is 11.5 Å². The first kappa shape index (κ1) is 26.0. The second kappa shape index (κ2) is 10.3. The highest BCUT2D eigenvalue weighted by molar-refractivity contribution is 5.92. The SMILES string of the molecule is CNC(=O)c1cc(Oc2ccc3c(c2)nc(Cc2ccc(C(C)(C)C)c(-c4ccnc(F)c4)c2)n3C)ccn1.[HH]. The molecule has 8 heteroatoms. The summed E-state index contributed by atoms with van der Waals surface area (Å²) in [7, 11) is 3.55. The zero-order valence-electron chi connectivity index (χ0n) is 22.6. The predicted octanol–water partition coefficient (Wildman–Crippen LogP) is 6.46. The molecule has 200 valence electrons. The molecule has 0 aliphatic carbocycles. The minimum absolute atomic E-state index is 0. The summed E-state index contributed by atoms with van der Waals surface area (Å²) in [6.07, 6.45) is 3.64. The van der Waals surface area contributed by atoms with Crippen molar-refractivity contribution in [1.29, 1.82) is 0 Å². The van der Waals surface area contributed by atoms with E-state index in [1.165, 1.54) is 18.5 Å². The maximum Gasteiger partial charge on any atom is 0.269 e. The molecule has 1 amide bonds. The van der Waals surface area contributed by atoms with Crippen LogP contribution in [0.25, 0.3) is 22.2 Å². The Balaban J connectivity index is 0.00000370. The molecule has 0 spiro atoms. The van der Waals surface area contributed by atoms with Crippen LogP contribution in [-0.4, -0.2) is 32.5 Å². The number of amides is 1. The van der Waals surface area contributed by atoms with Crippen molar-refractivity contribution < 1.29 is 15.3 Å². The van der Waals surface area contributed by atoms with Crippen LogP contribution in [0.2, 0.25) is 0 Å². The van der Waals surface area contributed by atoms with Crippen molar-refractivity contribution in [2.24, 2.45) is 7.05 Å². The Kier molecular flexibility index (Phi) is 6.87. The molecule has 1 N–H and O–H groups in total. The normalized spacial score (nSPS) is 11.5. The van der Waals surface area contributed by atoms with Crippen molar-refractivity contribution in [3.05, 3.63) is 102 Å². The van der Waals surface area contributed by atoms with Crippen LogP contribution in [0.4, 0.5) is 4.39 Å². The number of halogens is 1. The summed E-state index contributed by atoms with van der Waals surface area (Å²) in [5, 5.41) is 2.56. The maximum absolute atomic E-state index is 14.0. The minimum atomic E-state index is -0.497. The second-order valence-corrected chi connectivity index (χ2v) is 10.5. The van der Waals surface area contributed by atoms with Crippen molar-refractivity contribution in [1.82, 2.24) is 24.8 Å². The zero-order chi connectivity index (χ0) is 27.7. The number of carbonyl (C=O) groups is 1. The number of pyridine rings is 2. The minimum Gasteiger partial charge on any atom is -0.457 e. The van der Waals surface area contributed by atoms with Crippen molar-refractivity contribution >= 4 is 16.9 Å². The highest BCUT2D eigenvalue weighted by Gasteiger charge is 2.20. The Morgan fingerprint density at radius 1 is 1.00 bits per heavy atom. The van der Waals surface area contributed by atoms with Gasteiger partial charge in [-0.05, 0) is 51.9 Å². The predicted molar refractivity (Wildman–Crippen MR) is 152 cm³/mol. The van der Waals surface area contributed by atoms with E-state index in [2.05, 4.69) is 58.8 Å². The second-order valence-electron chi connectivity index (χ2n) is 10.5. The Morgan fingerprint density at radius 2 is 1.77 bits per heavy atom. The fourth-order valence-electron chi connectivity index (χ4n) is 4.66. The molecular formula is C31H32FN5O2. The number of fused-ring (bicyclic) bond motifs is 1. The summed E-state index contributed by atoms with van der Waals surface area (Å²) in [5.41, 5.74) is 5.94. The van der Waals surface area contributed by atoms with Crippen LogP contribution < -0.4 is 10.1 Å². The molecule has 0 aliphatic rings. The fraction of sp³-hybridized carbons (Fsp3) is 0.226. The van der Waals surface area contributed by atoms with Gasteiger partial charge in [-0.1, -0.05) is 39.0 Å². The summed E-state index contributed by atoms with van der Waals surface area (Å²) in [4.78, 5) is 24.6. The van der Waals surface area contributed by atoms with Crippen molar-refractivity contribution in [2.75, 3.05) is 7.05 Å². The fourth-order valence-corrected chi connectivity index (χ4v) is 4.66. The summed E-state index contributed by atoms with van der Waals surface area (Å²) in [6, 6.07) is 18.7. The molecule has 0 saturated heterocycles. The van der Waals surface area contributed by atoms with Crippen LogP contribution in [0, 0.1) is 5.95 Å². The molecule has 5 rings (SSSR count). The molecule has 0 bridgehead atoms. The van der Waals surface area contributed by atoms with E-state index in [-0.39, 0.29) is 18.4 Å². The smallest absolute Gasteiger partial charge is 0.269 e. The summed E-state index contributed by atoms with van der Waals surface area (Å²) < 4.78 is 22.1. The van der Waals surface area contributed by atoms with Crippen molar-refractivity contribution in [3.63, 3.8) is 0 Å². The summed E-state index contributed by atoms with van der Waals surface area (Å²) in [6.45, 7) is 6.46. The molecule has 3 heterocycles. The highest BCUT2D eigenvalue weighted by atomic mass is 19.1. The van der Waals surface area contributed by atoms with Gasteiger partial charge in [0.1, 0.15) is 23.0 Å². The van der Waals surface area contributed by atoms with E-state index in [9.17, 15) is 9.18 Å². The van der Waals surface area contributed by atoms with Gasteiger partial charge in [0.05, 0.1) is 11.0 Å². The quantitative estimate of drug-likeness (QED) is 0.258. The lowest BCUT2D eigenvalue weighted by molar-refractivity contribution is 0.0958. The van der Waals surface area contributed by atoms with Gasteiger partial charge in [0, 0.05) is 52.5 Å². The van der Waals surface area contributed by atoms with E-state index in [0.29, 0.717) is 17.9 Å². The summed E-state index contributed by atoms with van der Waals surface area (Å²) in [5.74, 6) is 1.24. The van der Waals surface area contributed by atoms with Gasteiger partial charge in [-0.25, -0.2) is 9.97 Å². The number of aryl methyl sites for hydroxylation is 1. The summed E-state index contributed by atoms with van der Waals surface area (Å²) >= 11 is 0. The third-order valence-corrected chi connectivity index (χ3v) is 6.66. The van der Waals surface area contributed by atoms with Crippen LogP contribution in [0.15, 0.2) is 73.1 Å². The van der Waals surface area contributed by atoms with Gasteiger partial charge in [0.25, 0.3) is 5.91 Å². The third-order valence-electron chi connectivity index (χ3n) is 6.66. The van der Waals surface area contributed by atoms with E-state index >= 15 is 0 Å². The largest absolute Gasteiger partial charge is 0.457 e. The van der Waals surface area contributed by atoms with Crippen LogP contribution >= 0.6 is 0 Å². The lowest BCUT2D eigenvalue weighted by Gasteiger charge is -2.24. The van der Waals surface area contributed by atoms with E-state index in [1.807, 2.05) is 31.3 Å². The molecule has 0 atom stereocenters. The average Bonchev–Trinajstić information content (AvgIpc) is 3.21. The van der Waals surface area contributed by atoms with E-state index < -0.39 is 5.95 Å². The van der Waals surface area contributed by atoms with Crippen LogP contribution in [0.3, 0.4) is 0 Å². The van der Waals surface area contributed by atoms with E-state index in [4.69, 9.17) is 9.72 Å². The molecule has 0 saturated carbocycles. The molecule has 0 aliphatic heterocycles. The number of benzene rings is 2. The molecule has 7 nitrogen and oxygen atoms in total. The maximum atomic E-state index is 14.0. The Bertz CT molecular complexity index is 1690. The number of hydrogen-bond acceptors (Lipinski definition) is 5. The lowest BCUT2D eigenvalue weighted by atomic mass is 9.81. The third kappa shape index (κ3) is 5.50. The first-order valence-corrected chi connectivity index (χ1v) is 12.7. The first-order chi connectivity index (χ1) is 18.6. The van der Waals surface area contributed by atoms with E-state index in [0.717, 1.165) is 39.1 Å². The first-order valence-electron chi connectivity index (χ1n) is 12.7. The van der Waals surface area contributed by atoms with Crippen molar-refractivity contribution in [2.45, 2.75) is 32.6 Å². The van der Waals surface area contributed by atoms with Gasteiger partial charge in [0.2, 0.25) is 5.95 Å². The number of rotatable bonds is 6. The van der Waals surface area contributed by atoms with Gasteiger partial charge < -0.3 is 14.6 Å². The monoisotopic (exact) mass is 525 g/mol. The standard InChI is InChI=1S/C31H30FN5O2.H2/c1-31(2,3)24-8-6-19(14-23(24)20-10-12-35-28(32)16-20)15-29-36-25-17-21(7-9-27(25)37(29)5)39-22-11-13-34-26(18-22)30(38)33-4;/h6-14,16-18H,15H2,1-5H3,(H,33,38);1H. The van der Waals surface area contributed by atoms with Crippen molar-refractivity contribution in [3.8, 4) is 22.6 Å². The molecule has 3 aromatic heterocycles. The zero-order valence-corrected chi connectivity index (χ0v) is 22.6. The highest BCUT2D eigenvalue weighted by Crippen LogP contribution is 2.34. The Hall–Kier alpha value is -4.59. The molecule has 0 unspecified atom stereocenters. The molecular weight excluding hydrogens is 493 g/mol. The number of ether oxygens (including phenoxy) is 1. The number of carbonyl (C=O) groups excluding carboxylic acids is 1. The molecule has 0 radical (unpaired) electrons.